The maximum atomic E-state index is 13.5. The van der Waals surface area contributed by atoms with Gasteiger partial charge in [-0.3, -0.25) is 9.69 Å². The van der Waals surface area contributed by atoms with Gasteiger partial charge in [0.05, 0.1) is 5.02 Å². The van der Waals surface area contributed by atoms with Gasteiger partial charge in [0.15, 0.2) is 0 Å². The number of nitrogens with one attached hydrogen (secondary N) is 2. The lowest BCUT2D eigenvalue weighted by molar-refractivity contribution is 0.102. The lowest BCUT2D eigenvalue weighted by Crippen LogP contribution is -2.48. The van der Waals surface area contributed by atoms with E-state index < -0.39 is 0 Å². The summed E-state index contributed by atoms with van der Waals surface area (Å²) in [6.45, 7) is 10.2. The Morgan fingerprint density at radius 3 is 2.39 bits per heavy atom. The fourth-order valence-corrected chi connectivity index (χ4v) is 5.68. The van der Waals surface area contributed by atoms with Crippen LogP contribution in [0.15, 0.2) is 71.3 Å². The van der Waals surface area contributed by atoms with E-state index in [1.54, 1.807) is 12.1 Å². The largest absolute Gasteiger partial charge is 0.436 e. The molecule has 1 aliphatic heterocycles. The number of aryl methyl sites for hydroxylation is 2. The number of halogens is 2. The van der Waals surface area contributed by atoms with Gasteiger partial charge >= 0.3 is 0 Å². The van der Waals surface area contributed by atoms with Crippen molar-refractivity contribution in [3.63, 3.8) is 0 Å². The van der Waals surface area contributed by atoms with Crippen molar-refractivity contribution in [2.75, 3.05) is 68.9 Å². The first-order valence-electron chi connectivity index (χ1n) is 14.5. The number of carbonyl (C=O) groups excluding carboxylic acids is 1. The zero-order valence-corrected chi connectivity index (χ0v) is 27.7. The van der Waals surface area contributed by atoms with Crippen molar-refractivity contribution in [3.05, 3.63) is 93.0 Å². The highest BCUT2D eigenvalue weighted by Crippen LogP contribution is 2.33. The van der Waals surface area contributed by atoms with Crippen LogP contribution in [-0.2, 0) is 0 Å². The van der Waals surface area contributed by atoms with E-state index in [4.69, 9.17) is 16.3 Å². The second-order valence-electron chi connectivity index (χ2n) is 11.1. The molecule has 0 spiro atoms. The molecule has 1 amide bonds. The number of likely N-dealkylation sites (N-methyl/N-ethyl adjacent to an activating group) is 1. The third-order valence-corrected chi connectivity index (χ3v) is 8.33. The summed E-state index contributed by atoms with van der Waals surface area (Å²) >= 11 is 9.86. The first-order chi connectivity index (χ1) is 21.2. The third-order valence-electron chi connectivity index (χ3n) is 7.54. The van der Waals surface area contributed by atoms with Crippen molar-refractivity contribution in [1.29, 1.82) is 0 Å². The van der Waals surface area contributed by atoms with E-state index in [2.05, 4.69) is 77.5 Å². The van der Waals surface area contributed by atoms with Gasteiger partial charge in [0.1, 0.15) is 11.3 Å². The average Bonchev–Trinajstić information content (AvgIpc) is 3.00. The molecule has 3 aromatic carbocycles. The first-order valence-corrected chi connectivity index (χ1v) is 15.7. The molecule has 230 valence electrons. The molecule has 0 atom stereocenters. The van der Waals surface area contributed by atoms with Crippen LogP contribution in [0.4, 0.5) is 23.0 Å². The highest BCUT2D eigenvalue weighted by molar-refractivity contribution is 9.10. The predicted octanol–water partition coefficient (Wildman–Crippen LogP) is 6.98. The number of amides is 1. The quantitative estimate of drug-likeness (QED) is 0.186. The second-order valence-corrected chi connectivity index (χ2v) is 12.4. The molecule has 1 saturated heterocycles. The maximum absolute atomic E-state index is 13.5. The molecule has 4 aromatic rings. The van der Waals surface area contributed by atoms with Crippen molar-refractivity contribution < 1.29 is 9.53 Å². The standard InChI is InChI=1S/C33H37BrClN7O2/c1-22-6-5-7-23(2)30(22)38-31(43)27-21-36-33(39-32(27)44-29-13-8-24(34)20-28(29)35)37-25-9-11-26(12-10-25)42-18-16-41(17-19-42)15-14-40(3)4/h5-13,20-21H,14-19H2,1-4H3,(H,38,43)(H,36,37,39). The van der Waals surface area contributed by atoms with Crippen molar-refractivity contribution >= 4 is 56.4 Å². The van der Waals surface area contributed by atoms with E-state index in [1.165, 1.54) is 11.9 Å². The van der Waals surface area contributed by atoms with Gasteiger partial charge in [-0.1, -0.05) is 45.7 Å². The summed E-state index contributed by atoms with van der Waals surface area (Å²) in [7, 11) is 4.23. The fourth-order valence-electron chi connectivity index (χ4n) is 4.97. The number of aromatic nitrogens is 2. The summed E-state index contributed by atoms with van der Waals surface area (Å²) in [4.78, 5) is 29.6. The normalized spacial score (nSPS) is 13.7. The summed E-state index contributed by atoms with van der Waals surface area (Å²) in [5, 5.41) is 6.62. The number of carbonyl (C=O) groups is 1. The summed E-state index contributed by atoms with van der Waals surface area (Å²) in [5.41, 5.74) is 4.81. The van der Waals surface area contributed by atoms with Gasteiger partial charge in [-0.15, -0.1) is 0 Å². The van der Waals surface area contributed by atoms with E-state index in [-0.39, 0.29) is 17.4 Å². The zero-order valence-electron chi connectivity index (χ0n) is 25.4. The van der Waals surface area contributed by atoms with Crippen LogP contribution in [0.2, 0.25) is 5.02 Å². The average molecular weight is 679 g/mol. The van der Waals surface area contributed by atoms with Gasteiger partial charge in [0, 0.05) is 67.0 Å². The number of nitrogens with zero attached hydrogens (tertiary/aromatic N) is 5. The minimum Gasteiger partial charge on any atom is -0.436 e. The molecule has 11 heteroatoms. The highest BCUT2D eigenvalue weighted by Gasteiger charge is 2.21. The molecule has 2 heterocycles. The minimum atomic E-state index is -0.386. The van der Waals surface area contributed by atoms with E-state index in [0.29, 0.717) is 16.7 Å². The van der Waals surface area contributed by atoms with Crippen LogP contribution in [0.3, 0.4) is 0 Å². The number of hydrogen-bond donors (Lipinski definition) is 2. The third kappa shape index (κ3) is 8.06. The molecule has 9 nitrogen and oxygen atoms in total. The Hall–Kier alpha value is -3.70. The Balaban J connectivity index is 1.33. The Morgan fingerprint density at radius 2 is 1.73 bits per heavy atom. The monoisotopic (exact) mass is 677 g/mol. The SMILES string of the molecule is Cc1cccc(C)c1NC(=O)c1cnc(Nc2ccc(N3CCN(CCN(C)C)CC3)cc2)nc1Oc1ccc(Br)cc1Cl. The van der Waals surface area contributed by atoms with Gasteiger partial charge in [-0.25, -0.2) is 4.98 Å². The lowest BCUT2D eigenvalue weighted by atomic mass is 10.1. The van der Waals surface area contributed by atoms with Crippen LogP contribution in [0.1, 0.15) is 21.5 Å². The smallest absolute Gasteiger partial charge is 0.262 e. The van der Waals surface area contributed by atoms with Crippen LogP contribution in [-0.4, -0.2) is 79.0 Å². The lowest BCUT2D eigenvalue weighted by Gasteiger charge is -2.36. The van der Waals surface area contributed by atoms with Gasteiger partial charge in [0.2, 0.25) is 11.8 Å². The molecular formula is C33H37BrClN7O2. The minimum absolute atomic E-state index is 0.0826. The molecule has 1 fully saturated rings. The molecule has 5 rings (SSSR count). The highest BCUT2D eigenvalue weighted by atomic mass is 79.9. The summed E-state index contributed by atoms with van der Waals surface area (Å²) in [6, 6.07) is 19.3. The maximum Gasteiger partial charge on any atom is 0.262 e. The number of para-hydroxylation sites is 1. The topological polar surface area (TPSA) is 85.9 Å². The molecule has 0 radical (unpaired) electrons. The number of benzene rings is 3. The van der Waals surface area contributed by atoms with Crippen molar-refractivity contribution in [3.8, 4) is 11.6 Å². The van der Waals surface area contributed by atoms with Crippen LogP contribution < -0.4 is 20.3 Å². The molecular weight excluding hydrogens is 642 g/mol. The molecule has 44 heavy (non-hydrogen) atoms. The number of rotatable bonds is 10. The summed E-state index contributed by atoms with van der Waals surface area (Å²) < 4.78 is 6.92. The molecule has 1 aliphatic rings. The molecule has 1 aromatic heterocycles. The Labute approximate surface area is 272 Å². The molecule has 0 aliphatic carbocycles. The number of ether oxygens (including phenoxy) is 1. The molecule has 0 bridgehead atoms. The zero-order chi connectivity index (χ0) is 31.2. The summed E-state index contributed by atoms with van der Waals surface area (Å²) in [5.74, 6) is 0.355. The van der Waals surface area contributed by atoms with Crippen LogP contribution in [0.5, 0.6) is 11.6 Å². The van der Waals surface area contributed by atoms with E-state index in [1.807, 2.05) is 50.2 Å². The van der Waals surface area contributed by atoms with Crippen molar-refractivity contribution in [1.82, 2.24) is 19.8 Å². The number of piperazine rings is 1. The van der Waals surface area contributed by atoms with Crippen molar-refractivity contribution in [2.24, 2.45) is 0 Å². The van der Waals surface area contributed by atoms with Crippen LogP contribution >= 0.6 is 27.5 Å². The molecule has 0 unspecified atom stereocenters. The number of hydrogen-bond acceptors (Lipinski definition) is 8. The van der Waals surface area contributed by atoms with E-state index in [9.17, 15) is 4.79 Å². The van der Waals surface area contributed by atoms with E-state index in [0.717, 1.165) is 66.2 Å². The predicted molar refractivity (Wildman–Crippen MR) is 182 cm³/mol. The van der Waals surface area contributed by atoms with Gasteiger partial charge in [-0.05, 0) is 81.5 Å². The molecule has 0 saturated carbocycles. The van der Waals surface area contributed by atoms with Crippen molar-refractivity contribution in [2.45, 2.75) is 13.8 Å². The second kappa shape index (κ2) is 14.4. The van der Waals surface area contributed by atoms with Gasteiger partial charge < -0.3 is 25.2 Å². The Morgan fingerprint density at radius 1 is 1.02 bits per heavy atom. The Kier molecular flexibility index (Phi) is 10.4. The molecule has 2 N–H and O–H groups in total. The van der Waals surface area contributed by atoms with Gasteiger partial charge in [0.25, 0.3) is 5.91 Å². The Bertz CT molecular complexity index is 1590. The van der Waals surface area contributed by atoms with Gasteiger partial charge in [-0.2, -0.15) is 4.98 Å². The van der Waals surface area contributed by atoms with E-state index >= 15 is 0 Å². The first kappa shape index (κ1) is 31.7. The number of anilines is 4. The van der Waals surface area contributed by atoms with Crippen LogP contribution in [0.25, 0.3) is 0 Å². The fraction of sp³-hybridized carbons (Fsp3) is 0.303. The van der Waals surface area contributed by atoms with Crippen LogP contribution in [0, 0.1) is 13.8 Å². The summed E-state index contributed by atoms with van der Waals surface area (Å²) in [6.07, 6.45) is 1.46.